The molecule has 1 aromatic carbocycles. The number of Topliss-reactive ketones (excluding diaryl/α,β-unsaturated/α-hetero) is 1. The van der Waals surface area contributed by atoms with Crippen molar-refractivity contribution >= 4 is 11.7 Å². The van der Waals surface area contributed by atoms with Crippen LogP contribution in [0.2, 0.25) is 0 Å². The van der Waals surface area contributed by atoms with Gasteiger partial charge in [0, 0.05) is 25.1 Å². The maximum absolute atomic E-state index is 12.7. The third kappa shape index (κ3) is 3.28. The first-order valence-electron chi connectivity index (χ1n) is 8.02. The molecule has 130 valence electrons. The van der Waals surface area contributed by atoms with E-state index in [2.05, 4.69) is 0 Å². The summed E-state index contributed by atoms with van der Waals surface area (Å²) in [6, 6.07) is 6.50. The Morgan fingerprint density at radius 3 is 2.62 bits per heavy atom. The Kier molecular flexibility index (Phi) is 5.62. The van der Waals surface area contributed by atoms with Crippen LogP contribution in [-0.2, 0) is 9.59 Å². The number of para-hydroxylation sites is 1. The fourth-order valence-electron chi connectivity index (χ4n) is 3.00. The van der Waals surface area contributed by atoms with Gasteiger partial charge in [0.15, 0.2) is 11.5 Å². The Bertz CT molecular complexity index is 667. The highest BCUT2D eigenvalue weighted by molar-refractivity contribution is 6.09. The molecule has 24 heavy (non-hydrogen) atoms. The van der Waals surface area contributed by atoms with E-state index in [1.54, 1.807) is 12.1 Å². The number of benzene rings is 1. The van der Waals surface area contributed by atoms with Gasteiger partial charge in [-0.15, -0.1) is 0 Å². The van der Waals surface area contributed by atoms with Crippen molar-refractivity contribution in [1.82, 2.24) is 4.90 Å². The van der Waals surface area contributed by atoms with Gasteiger partial charge < -0.3 is 20.5 Å². The molecule has 6 heteroatoms. The molecule has 0 saturated carbocycles. The number of carbonyl (C=O) groups is 2. The lowest BCUT2D eigenvalue weighted by Gasteiger charge is -2.27. The van der Waals surface area contributed by atoms with E-state index in [0.29, 0.717) is 11.3 Å². The van der Waals surface area contributed by atoms with Gasteiger partial charge in [0.25, 0.3) is 5.91 Å². The van der Waals surface area contributed by atoms with Gasteiger partial charge in [-0.05, 0) is 12.0 Å². The lowest BCUT2D eigenvalue weighted by atomic mass is 9.91. The molecule has 1 unspecified atom stereocenters. The summed E-state index contributed by atoms with van der Waals surface area (Å²) in [5, 5.41) is 10.3. The highest BCUT2D eigenvalue weighted by Crippen LogP contribution is 2.41. The SMILES string of the molecule is COc1ccccc1C1C(C(=O)CC(C)C)=C(O)C(=O)N1CCN. The highest BCUT2D eigenvalue weighted by atomic mass is 16.5. The zero-order valence-corrected chi connectivity index (χ0v) is 14.3. The van der Waals surface area contributed by atoms with Crippen molar-refractivity contribution in [2.45, 2.75) is 26.3 Å². The first kappa shape index (κ1) is 18.0. The van der Waals surface area contributed by atoms with Crippen molar-refractivity contribution in [3.8, 4) is 5.75 Å². The van der Waals surface area contributed by atoms with Crippen LogP contribution in [0, 0.1) is 5.92 Å². The molecule has 1 heterocycles. The summed E-state index contributed by atoms with van der Waals surface area (Å²) >= 11 is 0. The second-order valence-electron chi connectivity index (χ2n) is 6.22. The Morgan fingerprint density at radius 1 is 1.38 bits per heavy atom. The molecule has 0 bridgehead atoms. The maximum Gasteiger partial charge on any atom is 0.290 e. The van der Waals surface area contributed by atoms with Gasteiger partial charge in [-0.2, -0.15) is 0 Å². The first-order chi connectivity index (χ1) is 11.4. The zero-order valence-electron chi connectivity index (χ0n) is 14.3. The van der Waals surface area contributed by atoms with Gasteiger partial charge >= 0.3 is 0 Å². The number of nitrogens with two attached hydrogens (primary N) is 1. The third-order valence-electron chi connectivity index (χ3n) is 4.00. The van der Waals surface area contributed by atoms with E-state index in [1.165, 1.54) is 12.0 Å². The molecule has 0 spiro atoms. The molecule has 1 amide bonds. The molecular formula is C18H24N2O4. The van der Waals surface area contributed by atoms with Crippen LogP contribution in [0.25, 0.3) is 0 Å². The van der Waals surface area contributed by atoms with Crippen LogP contribution in [0.4, 0.5) is 0 Å². The molecular weight excluding hydrogens is 308 g/mol. The predicted molar refractivity (Wildman–Crippen MR) is 90.6 cm³/mol. The van der Waals surface area contributed by atoms with Gasteiger partial charge in [-0.25, -0.2) is 0 Å². The minimum Gasteiger partial charge on any atom is -0.503 e. The van der Waals surface area contributed by atoms with Crippen LogP contribution in [0.15, 0.2) is 35.6 Å². The average molecular weight is 332 g/mol. The van der Waals surface area contributed by atoms with Crippen molar-refractivity contribution in [3.63, 3.8) is 0 Å². The summed E-state index contributed by atoms with van der Waals surface area (Å²) in [4.78, 5) is 26.6. The van der Waals surface area contributed by atoms with Gasteiger partial charge in [0.2, 0.25) is 0 Å². The number of aliphatic hydroxyl groups is 1. The first-order valence-corrected chi connectivity index (χ1v) is 8.02. The van der Waals surface area contributed by atoms with E-state index in [4.69, 9.17) is 10.5 Å². The second kappa shape index (κ2) is 7.49. The zero-order chi connectivity index (χ0) is 17.9. The topological polar surface area (TPSA) is 92.9 Å². The molecule has 1 aliphatic heterocycles. The van der Waals surface area contributed by atoms with E-state index in [0.717, 1.165) is 0 Å². The van der Waals surface area contributed by atoms with Crippen molar-refractivity contribution in [2.24, 2.45) is 11.7 Å². The summed E-state index contributed by atoms with van der Waals surface area (Å²) in [5.41, 5.74) is 6.41. The Morgan fingerprint density at radius 2 is 2.04 bits per heavy atom. The summed E-state index contributed by atoms with van der Waals surface area (Å²) in [6.07, 6.45) is 0.259. The third-order valence-corrected chi connectivity index (χ3v) is 4.00. The molecule has 0 radical (unpaired) electrons. The predicted octanol–water partition coefficient (Wildman–Crippen LogP) is 1.96. The molecule has 6 nitrogen and oxygen atoms in total. The quantitative estimate of drug-likeness (QED) is 0.796. The molecule has 0 aromatic heterocycles. The molecule has 2 rings (SSSR count). The fourth-order valence-corrected chi connectivity index (χ4v) is 3.00. The van der Waals surface area contributed by atoms with Crippen molar-refractivity contribution in [1.29, 1.82) is 0 Å². The van der Waals surface area contributed by atoms with Crippen molar-refractivity contribution in [2.75, 3.05) is 20.2 Å². The molecule has 0 saturated heterocycles. The van der Waals surface area contributed by atoms with Crippen molar-refractivity contribution in [3.05, 3.63) is 41.2 Å². The summed E-state index contributed by atoms with van der Waals surface area (Å²) in [7, 11) is 1.53. The van der Waals surface area contributed by atoms with Crippen LogP contribution in [0.3, 0.4) is 0 Å². The van der Waals surface area contributed by atoms with Crippen LogP contribution in [-0.4, -0.2) is 41.9 Å². The molecule has 0 fully saturated rings. The van der Waals surface area contributed by atoms with Crippen LogP contribution < -0.4 is 10.5 Å². The summed E-state index contributed by atoms with van der Waals surface area (Å²) in [5.74, 6) is -0.601. The number of amides is 1. The van der Waals surface area contributed by atoms with E-state index in [1.807, 2.05) is 26.0 Å². The number of hydrogen-bond acceptors (Lipinski definition) is 5. The fraction of sp³-hybridized carbons (Fsp3) is 0.444. The van der Waals surface area contributed by atoms with E-state index < -0.39 is 17.7 Å². The molecule has 1 aromatic rings. The minimum atomic E-state index is -0.677. The maximum atomic E-state index is 12.7. The summed E-state index contributed by atoms with van der Waals surface area (Å²) < 4.78 is 5.38. The van der Waals surface area contributed by atoms with Crippen molar-refractivity contribution < 1.29 is 19.4 Å². The number of methoxy groups -OCH3 is 1. The average Bonchev–Trinajstić information content (AvgIpc) is 2.79. The second-order valence-corrected chi connectivity index (χ2v) is 6.22. The number of nitrogens with zero attached hydrogens (tertiary/aromatic N) is 1. The monoisotopic (exact) mass is 332 g/mol. The lowest BCUT2D eigenvalue weighted by Crippen LogP contribution is -2.35. The van der Waals surface area contributed by atoms with E-state index in [9.17, 15) is 14.7 Å². The minimum absolute atomic E-state index is 0.120. The lowest BCUT2D eigenvalue weighted by molar-refractivity contribution is -0.129. The smallest absolute Gasteiger partial charge is 0.290 e. The molecule has 1 atom stereocenters. The van der Waals surface area contributed by atoms with E-state index in [-0.39, 0.29) is 36.8 Å². The molecule has 0 aliphatic carbocycles. The largest absolute Gasteiger partial charge is 0.503 e. The van der Waals surface area contributed by atoms with Gasteiger partial charge in [0.05, 0.1) is 18.7 Å². The number of aliphatic hydroxyl groups excluding tert-OH is 1. The Hall–Kier alpha value is -2.34. The highest BCUT2D eigenvalue weighted by Gasteiger charge is 2.43. The normalized spacial score (nSPS) is 17.8. The van der Waals surface area contributed by atoms with Gasteiger partial charge in [-0.1, -0.05) is 32.0 Å². The molecule has 3 N–H and O–H groups in total. The number of hydrogen-bond donors (Lipinski definition) is 2. The Balaban J connectivity index is 2.56. The number of carbonyl (C=O) groups excluding carboxylic acids is 2. The van der Waals surface area contributed by atoms with E-state index >= 15 is 0 Å². The molecule has 1 aliphatic rings. The van der Waals surface area contributed by atoms with Gasteiger partial charge in [-0.3, -0.25) is 9.59 Å². The number of ether oxygens (including phenoxy) is 1. The van der Waals surface area contributed by atoms with Crippen LogP contribution >= 0.6 is 0 Å². The van der Waals surface area contributed by atoms with Crippen LogP contribution in [0.1, 0.15) is 31.9 Å². The van der Waals surface area contributed by atoms with Crippen LogP contribution in [0.5, 0.6) is 5.75 Å². The Labute approximate surface area is 141 Å². The number of ketones is 1. The van der Waals surface area contributed by atoms with Gasteiger partial charge in [0.1, 0.15) is 5.75 Å². The standard InChI is InChI=1S/C18H24N2O4/c1-11(2)10-13(21)15-16(12-6-4-5-7-14(12)24-3)20(9-8-19)18(23)17(15)22/h4-7,11,16,22H,8-10,19H2,1-3H3. The summed E-state index contributed by atoms with van der Waals surface area (Å²) in [6.45, 7) is 4.31. The number of rotatable bonds is 7.